The number of nitrogens with two attached hydrogens (primary N) is 1. The molecule has 16 heavy (non-hydrogen) atoms. The highest BCUT2D eigenvalue weighted by molar-refractivity contribution is 5.62. The van der Waals surface area contributed by atoms with Crippen molar-refractivity contribution in [3.05, 3.63) is 42.5 Å². The molecule has 1 heterocycles. The molecule has 82 valence electrons. The van der Waals surface area contributed by atoms with Crippen LogP contribution in [0.2, 0.25) is 0 Å². The number of nitrogen functional groups attached to an aromatic ring is 1. The minimum Gasteiger partial charge on any atom is -0.399 e. The third kappa shape index (κ3) is 1.93. The summed E-state index contributed by atoms with van der Waals surface area (Å²) in [5.41, 5.74) is 6.46. The van der Waals surface area contributed by atoms with Gasteiger partial charge in [0, 0.05) is 25.1 Å². The number of anilines is 3. The number of hydrogen-bond donors (Lipinski definition) is 1. The van der Waals surface area contributed by atoms with Crippen LogP contribution in [0.15, 0.2) is 36.7 Å². The number of rotatable bonds is 2. The fraction of sp³-hybridized carbons (Fsp3) is 0.0909. The quantitative estimate of drug-likeness (QED) is 0.783. The number of benzene rings is 1. The third-order valence-electron chi connectivity index (χ3n) is 2.18. The normalized spacial score (nSPS) is 10.1. The molecule has 2 aromatic rings. The lowest BCUT2D eigenvalue weighted by atomic mass is 10.2. The fourth-order valence-corrected chi connectivity index (χ4v) is 1.36. The second-order valence-corrected chi connectivity index (χ2v) is 3.32. The highest BCUT2D eigenvalue weighted by Gasteiger charge is 2.11. The van der Waals surface area contributed by atoms with Crippen molar-refractivity contribution < 1.29 is 4.39 Å². The molecule has 1 aromatic heterocycles. The SMILES string of the molecule is CN(c1ncccn1)c1cc(N)ccc1F. The van der Waals surface area contributed by atoms with Crippen LogP contribution in [0.5, 0.6) is 0 Å². The van der Waals surface area contributed by atoms with Crippen molar-refractivity contribution in [3.8, 4) is 0 Å². The van der Waals surface area contributed by atoms with Gasteiger partial charge in [-0.15, -0.1) is 0 Å². The molecule has 4 nitrogen and oxygen atoms in total. The van der Waals surface area contributed by atoms with E-state index in [-0.39, 0.29) is 5.82 Å². The van der Waals surface area contributed by atoms with E-state index in [1.807, 2.05) is 0 Å². The van der Waals surface area contributed by atoms with Crippen LogP contribution in [0.3, 0.4) is 0 Å². The maximum atomic E-state index is 13.6. The van der Waals surface area contributed by atoms with Gasteiger partial charge < -0.3 is 10.6 Å². The first kappa shape index (κ1) is 10.4. The molecule has 0 aliphatic carbocycles. The van der Waals surface area contributed by atoms with Crippen LogP contribution in [0.25, 0.3) is 0 Å². The Morgan fingerprint density at radius 1 is 1.25 bits per heavy atom. The zero-order valence-corrected chi connectivity index (χ0v) is 8.76. The second-order valence-electron chi connectivity index (χ2n) is 3.32. The van der Waals surface area contributed by atoms with Gasteiger partial charge in [-0.2, -0.15) is 0 Å². The van der Waals surface area contributed by atoms with Crippen molar-refractivity contribution >= 4 is 17.3 Å². The lowest BCUT2D eigenvalue weighted by Crippen LogP contribution is -2.14. The summed E-state index contributed by atoms with van der Waals surface area (Å²) in [7, 11) is 1.69. The lowest BCUT2D eigenvalue weighted by Gasteiger charge is -2.17. The van der Waals surface area contributed by atoms with Gasteiger partial charge in [0.05, 0.1) is 5.69 Å². The predicted octanol–water partition coefficient (Wildman–Crippen LogP) is 1.97. The molecule has 0 radical (unpaired) electrons. The van der Waals surface area contributed by atoms with Crippen molar-refractivity contribution in [2.75, 3.05) is 17.7 Å². The van der Waals surface area contributed by atoms with Gasteiger partial charge in [0.2, 0.25) is 5.95 Å². The molecule has 0 bridgehead atoms. The molecular weight excluding hydrogens is 207 g/mol. The third-order valence-corrected chi connectivity index (χ3v) is 2.18. The summed E-state index contributed by atoms with van der Waals surface area (Å²) in [4.78, 5) is 9.61. The Balaban J connectivity index is 2.41. The second kappa shape index (κ2) is 4.14. The number of aromatic nitrogens is 2. The largest absolute Gasteiger partial charge is 0.399 e. The average molecular weight is 218 g/mol. The van der Waals surface area contributed by atoms with Crippen LogP contribution in [0, 0.1) is 5.82 Å². The Kier molecular flexibility index (Phi) is 2.68. The summed E-state index contributed by atoms with van der Waals surface area (Å²) in [5.74, 6) is 0.0659. The first-order valence-electron chi connectivity index (χ1n) is 4.74. The Bertz CT molecular complexity index is 487. The van der Waals surface area contributed by atoms with E-state index in [9.17, 15) is 4.39 Å². The van der Waals surface area contributed by atoms with Gasteiger partial charge in [-0.25, -0.2) is 14.4 Å². The van der Waals surface area contributed by atoms with Gasteiger partial charge in [-0.3, -0.25) is 0 Å². The van der Waals surface area contributed by atoms with E-state index >= 15 is 0 Å². The minimum atomic E-state index is -0.357. The van der Waals surface area contributed by atoms with Crippen LogP contribution in [0.4, 0.5) is 21.7 Å². The van der Waals surface area contributed by atoms with E-state index in [1.165, 1.54) is 12.1 Å². The van der Waals surface area contributed by atoms with Gasteiger partial charge >= 0.3 is 0 Å². The van der Waals surface area contributed by atoms with E-state index in [0.29, 0.717) is 17.3 Å². The summed E-state index contributed by atoms with van der Waals surface area (Å²) >= 11 is 0. The number of nitrogens with zero attached hydrogens (tertiary/aromatic N) is 3. The predicted molar refractivity (Wildman–Crippen MR) is 60.9 cm³/mol. The molecule has 5 heteroatoms. The summed E-state index contributed by atoms with van der Waals surface area (Å²) in [6.45, 7) is 0. The zero-order chi connectivity index (χ0) is 11.5. The van der Waals surface area contributed by atoms with Gasteiger partial charge in [-0.05, 0) is 24.3 Å². The maximum absolute atomic E-state index is 13.6. The molecule has 2 N–H and O–H groups in total. The summed E-state index contributed by atoms with van der Waals surface area (Å²) in [6, 6.07) is 6.08. The molecule has 1 aromatic carbocycles. The van der Waals surface area contributed by atoms with Crippen LogP contribution in [-0.2, 0) is 0 Å². The molecule has 0 atom stereocenters. The smallest absolute Gasteiger partial charge is 0.229 e. The van der Waals surface area contributed by atoms with Crippen LogP contribution in [-0.4, -0.2) is 17.0 Å². The lowest BCUT2D eigenvalue weighted by molar-refractivity contribution is 0.627. The molecule has 0 spiro atoms. The van der Waals surface area contributed by atoms with Crippen molar-refractivity contribution in [1.29, 1.82) is 0 Å². The Hall–Kier alpha value is -2.17. The van der Waals surface area contributed by atoms with Crippen molar-refractivity contribution in [3.63, 3.8) is 0 Å². The molecule has 0 aliphatic rings. The number of hydrogen-bond acceptors (Lipinski definition) is 4. The molecule has 0 saturated heterocycles. The first-order valence-corrected chi connectivity index (χ1v) is 4.74. The summed E-state index contributed by atoms with van der Waals surface area (Å²) < 4.78 is 13.6. The van der Waals surface area contributed by atoms with Crippen molar-refractivity contribution in [1.82, 2.24) is 9.97 Å². The van der Waals surface area contributed by atoms with E-state index in [2.05, 4.69) is 9.97 Å². The van der Waals surface area contributed by atoms with E-state index in [1.54, 1.807) is 36.5 Å². The molecule has 0 fully saturated rings. The number of halogens is 1. The Labute approximate surface area is 92.6 Å². The average Bonchev–Trinajstić information content (AvgIpc) is 2.32. The van der Waals surface area contributed by atoms with E-state index in [4.69, 9.17) is 5.73 Å². The standard InChI is InChI=1S/C11H11FN4/c1-16(11-14-5-2-6-15-11)10-7-8(13)3-4-9(10)12/h2-7H,13H2,1H3. The molecule has 0 saturated carbocycles. The zero-order valence-electron chi connectivity index (χ0n) is 8.76. The molecular formula is C11H11FN4. The monoisotopic (exact) mass is 218 g/mol. The van der Waals surface area contributed by atoms with Gasteiger partial charge in [0.1, 0.15) is 5.82 Å². The van der Waals surface area contributed by atoms with Gasteiger partial charge in [-0.1, -0.05) is 0 Å². The van der Waals surface area contributed by atoms with Crippen LogP contribution in [0.1, 0.15) is 0 Å². The summed E-state index contributed by atoms with van der Waals surface area (Å²) in [5, 5.41) is 0. The fourth-order valence-electron chi connectivity index (χ4n) is 1.36. The van der Waals surface area contributed by atoms with Crippen molar-refractivity contribution in [2.45, 2.75) is 0 Å². The van der Waals surface area contributed by atoms with E-state index < -0.39 is 0 Å². The minimum absolute atomic E-state index is 0.353. The topological polar surface area (TPSA) is 55.0 Å². The Morgan fingerprint density at radius 2 is 1.94 bits per heavy atom. The van der Waals surface area contributed by atoms with Gasteiger partial charge in [0.15, 0.2) is 0 Å². The summed E-state index contributed by atoms with van der Waals surface area (Å²) in [6.07, 6.45) is 3.20. The molecule has 0 amide bonds. The van der Waals surface area contributed by atoms with Crippen LogP contribution < -0.4 is 10.6 Å². The first-order chi connectivity index (χ1) is 7.68. The molecule has 2 rings (SSSR count). The van der Waals surface area contributed by atoms with Crippen molar-refractivity contribution in [2.24, 2.45) is 0 Å². The Morgan fingerprint density at radius 3 is 2.62 bits per heavy atom. The van der Waals surface area contributed by atoms with Crippen LogP contribution >= 0.6 is 0 Å². The van der Waals surface area contributed by atoms with E-state index in [0.717, 1.165) is 0 Å². The highest BCUT2D eigenvalue weighted by atomic mass is 19.1. The maximum Gasteiger partial charge on any atom is 0.229 e. The highest BCUT2D eigenvalue weighted by Crippen LogP contribution is 2.25. The van der Waals surface area contributed by atoms with Gasteiger partial charge in [0.25, 0.3) is 0 Å². The molecule has 0 unspecified atom stereocenters. The molecule has 0 aliphatic heterocycles.